The van der Waals surface area contributed by atoms with Crippen LogP contribution in [0.3, 0.4) is 0 Å². The number of nitro groups is 1. The lowest BCUT2D eigenvalue weighted by molar-refractivity contribution is -0.386. The molecule has 1 fully saturated rings. The zero-order valence-electron chi connectivity index (χ0n) is 18.3. The fraction of sp³-hybridized carbons (Fsp3) is 0.500. The van der Waals surface area contributed by atoms with Crippen molar-refractivity contribution < 1.29 is 14.5 Å². The first-order chi connectivity index (χ1) is 14.8. The van der Waals surface area contributed by atoms with Crippen molar-refractivity contribution in [1.82, 2.24) is 20.0 Å². The van der Waals surface area contributed by atoms with Crippen molar-refractivity contribution in [1.29, 1.82) is 0 Å². The molecule has 9 heteroatoms. The van der Waals surface area contributed by atoms with Gasteiger partial charge in [-0.25, -0.2) is 0 Å². The molecule has 0 saturated carbocycles. The Balaban J connectivity index is 1.52. The summed E-state index contributed by atoms with van der Waals surface area (Å²) in [6.45, 7) is 7.73. The molecule has 1 unspecified atom stereocenters. The van der Waals surface area contributed by atoms with E-state index >= 15 is 0 Å². The predicted molar refractivity (Wildman–Crippen MR) is 116 cm³/mol. The van der Waals surface area contributed by atoms with Gasteiger partial charge in [0.25, 0.3) is 5.91 Å². The van der Waals surface area contributed by atoms with Gasteiger partial charge in [0.15, 0.2) is 0 Å². The van der Waals surface area contributed by atoms with Crippen LogP contribution in [0.1, 0.15) is 53.5 Å². The summed E-state index contributed by atoms with van der Waals surface area (Å²) in [6.07, 6.45) is 2.50. The van der Waals surface area contributed by atoms with Crippen molar-refractivity contribution in [2.75, 3.05) is 19.6 Å². The van der Waals surface area contributed by atoms with Crippen molar-refractivity contribution in [3.63, 3.8) is 0 Å². The molecule has 0 spiro atoms. The van der Waals surface area contributed by atoms with Gasteiger partial charge in [-0.05, 0) is 50.3 Å². The highest BCUT2D eigenvalue weighted by Crippen LogP contribution is 2.22. The zero-order valence-corrected chi connectivity index (χ0v) is 18.3. The smallest absolute Gasteiger partial charge is 0.312 e. The molecular weight excluding hydrogens is 398 g/mol. The summed E-state index contributed by atoms with van der Waals surface area (Å²) in [5, 5.41) is 18.2. The van der Waals surface area contributed by atoms with Crippen LogP contribution >= 0.6 is 0 Å². The highest BCUT2D eigenvalue weighted by molar-refractivity contribution is 5.94. The average molecular weight is 428 g/mol. The Kier molecular flexibility index (Phi) is 7.04. The van der Waals surface area contributed by atoms with E-state index in [2.05, 4.69) is 17.3 Å². The number of aryl methyl sites for hydroxylation is 1. The van der Waals surface area contributed by atoms with E-state index in [1.807, 2.05) is 4.90 Å². The van der Waals surface area contributed by atoms with Gasteiger partial charge in [0.1, 0.15) is 11.4 Å². The third-order valence-corrected chi connectivity index (χ3v) is 5.71. The topological polar surface area (TPSA) is 110 Å². The fourth-order valence-corrected chi connectivity index (χ4v) is 4.00. The van der Waals surface area contributed by atoms with Crippen molar-refractivity contribution in [3.8, 4) is 0 Å². The van der Waals surface area contributed by atoms with Crippen LogP contribution in [0.4, 0.5) is 5.69 Å². The van der Waals surface area contributed by atoms with E-state index in [0.29, 0.717) is 42.4 Å². The number of carbonyl (C=O) groups is 2. The minimum Gasteiger partial charge on any atom is -0.352 e. The summed E-state index contributed by atoms with van der Waals surface area (Å²) in [7, 11) is 0. The average Bonchev–Trinajstić information content (AvgIpc) is 3.01. The second-order valence-corrected chi connectivity index (χ2v) is 8.22. The van der Waals surface area contributed by atoms with Crippen molar-refractivity contribution in [2.24, 2.45) is 5.92 Å². The van der Waals surface area contributed by atoms with Gasteiger partial charge < -0.3 is 10.2 Å². The van der Waals surface area contributed by atoms with Crippen molar-refractivity contribution >= 4 is 17.5 Å². The number of rotatable bonds is 7. The molecule has 2 amide bonds. The van der Waals surface area contributed by atoms with Crippen LogP contribution < -0.4 is 5.32 Å². The van der Waals surface area contributed by atoms with E-state index in [9.17, 15) is 19.7 Å². The lowest BCUT2D eigenvalue weighted by Crippen LogP contribution is -2.40. The van der Waals surface area contributed by atoms with Gasteiger partial charge >= 0.3 is 5.69 Å². The Morgan fingerprint density at radius 3 is 2.58 bits per heavy atom. The molecule has 1 aromatic carbocycles. The molecule has 9 nitrogen and oxygen atoms in total. The molecule has 0 bridgehead atoms. The van der Waals surface area contributed by atoms with Gasteiger partial charge in [0.2, 0.25) is 5.91 Å². The minimum atomic E-state index is -0.418. The summed E-state index contributed by atoms with van der Waals surface area (Å²) in [5.41, 5.74) is 2.29. The highest BCUT2D eigenvalue weighted by Gasteiger charge is 2.22. The number of amides is 2. The number of nitrogens with one attached hydrogen (secondary N) is 1. The van der Waals surface area contributed by atoms with E-state index < -0.39 is 4.92 Å². The Hall–Kier alpha value is -3.23. The predicted octanol–water partition coefficient (Wildman–Crippen LogP) is 2.83. The van der Waals surface area contributed by atoms with E-state index in [-0.39, 0.29) is 17.5 Å². The molecule has 1 aromatic heterocycles. The number of piperidine rings is 1. The maximum atomic E-state index is 12.4. The van der Waals surface area contributed by atoms with Gasteiger partial charge in [-0.15, -0.1) is 0 Å². The molecule has 0 aliphatic carbocycles. The number of benzene rings is 1. The van der Waals surface area contributed by atoms with E-state index in [1.54, 1.807) is 42.8 Å². The highest BCUT2D eigenvalue weighted by atomic mass is 16.6. The first kappa shape index (κ1) is 22.5. The van der Waals surface area contributed by atoms with E-state index in [0.717, 1.165) is 31.5 Å². The Morgan fingerprint density at radius 1 is 1.26 bits per heavy atom. The molecule has 1 N–H and O–H groups in total. The molecule has 1 saturated heterocycles. The lowest BCUT2D eigenvalue weighted by Gasteiger charge is -2.31. The van der Waals surface area contributed by atoms with Gasteiger partial charge in [-0.1, -0.05) is 19.1 Å². The third kappa shape index (κ3) is 5.48. The number of nitrogens with zero attached hydrogens (tertiary/aromatic N) is 4. The molecule has 2 heterocycles. The van der Waals surface area contributed by atoms with Crippen molar-refractivity contribution in [2.45, 2.75) is 46.6 Å². The first-order valence-corrected chi connectivity index (χ1v) is 10.6. The number of hydrogen-bond donors (Lipinski definition) is 1. The second-order valence-electron chi connectivity index (χ2n) is 8.22. The van der Waals surface area contributed by atoms with E-state index in [1.165, 1.54) is 0 Å². The van der Waals surface area contributed by atoms with Crippen LogP contribution in [0.5, 0.6) is 0 Å². The summed E-state index contributed by atoms with van der Waals surface area (Å²) in [5.74, 6) is 0.390. The molecule has 31 heavy (non-hydrogen) atoms. The van der Waals surface area contributed by atoms with Gasteiger partial charge in [-0.2, -0.15) is 5.10 Å². The first-order valence-electron chi connectivity index (χ1n) is 10.6. The second kappa shape index (κ2) is 9.72. The minimum absolute atomic E-state index is 0.0320. The van der Waals surface area contributed by atoms with Crippen LogP contribution in [0.25, 0.3) is 0 Å². The summed E-state index contributed by atoms with van der Waals surface area (Å²) < 4.78 is 1.59. The molecule has 166 valence electrons. The monoisotopic (exact) mass is 427 g/mol. The Bertz CT molecular complexity index is 967. The Labute approximate surface area is 181 Å². The molecule has 1 aliphatic rings. The summed E-state index contributed by atoms with van der Waals surface area (Å²) in [6, 6.07) is 7.02. The molecular formula is C22H29N5O4. The molecule has 1 atom stereocenters. The SMILES string of the molecule is Cc1nn(Cc2ccc(C(=O)NCCC(=O)N3CCCC(C)C3)cc2)c(C)c1[N+](=O)[O-]. The molecule has 1 aliphatic heterocycles. The standard InChI is InChI=1S/C22H29N5O4/c1-15-5-4-12-25(13-15)20(28)10-11-23-22(29)19-8-6-18(7-9-19)14-26-17(3)21(27(30)31)16(2)24-26/h6-9,15H,4-5,10-14H2,1-3H3,(H,23,29). The quantitative estimate of drug-likeness (QED) is 0.540. The maximum absolute atomic E-state index is 12.4. The van der Waals surface area contributed by atoms with Crippen LogP contribution in [0.15, 0.2) is 24.3 Å². The Morgan fingerprint density at radius 2 is 1.97 bits per heavy atom. The summed E-state index contributed by atoms with van der Waals surface area (Å²) >= 11 is 0. The van der Waals surface area contributed by atoms with Crippen LogP contribution in [0.2, 0.25) is 0 Å². The van der Waals surface area contributed by atoms with Gasteiger partial charge in [-0.3, -0.25) is 24.4 Å². The zero-order chi connectivity index (χ0) is 22.5. The number of likely N-dealkylation sites (tertiary alicyclic amines) is 1. The molecule has 2 aromatic rings. The van der Waals surface area contributed by atoms with Gasteiger partial charge in [0.05, 0.1) is 11.5 Å². The van der Waals surface area contributed by atoms with Crippen LogP contribution in [-0.4, -0.2) is 51.1 Å². The number of hydrogen-bond acceptors (Lipinski definition) is 5. The maximum Gasteiger partial charge on any atom is 0.312 e. The number of aromatic nitrogens is 2. The van der Waals surface area contributed by atoms with Crippen LogP contribution in [-0.2, 0) is 11.3 Å². The molecule has 0 radical (unpaired) electrons. The molecule has 3 rings (SSSR count). The van der Waals surface area contributed by atoms with Crippen molar-refractivity contribution in [3.05, 3.63) is 56.9 Å². The summed E-state index contributed by atoms with van der Waals surface area (Å²) in [4.78, 5) is 37.3. The van der Waals surface area contributed by atoms with E-state index in [4.69, 9.17) is 0 Å². The normalized spacial score (nSPS) is 16.2. The lowest BCUT2D eigenvalue weighted by atomic mass is 10.00. The largest absolute Gasteiger partial charge is 0.352 e. The van der Waals surface area contributed by atoms with Gasteiger partial charge in [0, 0.05) is 31.6 Å². The number of carbonyl (C=O) groups excluding carboxylic acids is 2. The van der Waals surface area contributed by atoms with Crippen LogP contribution in [0, 0.1) is 29.9 Å². The fourth-order valence-electron chi connectivity index (χ4n) is 4.00. The third-order valence-electron chi connectivity index (χ3n) is 5.71.